The molecule has 1 amide bonds. The maximum atomic E-state index is 11.8. The highest BCUT2D eigenvalue weighted by Crippen LogP contribution is 2.37. The van der Waals surface area contributed by atoms with Gasteiger partial charge in [-0.25, -0.2) is 0 Å². The molecule has 1 aliphatic rings. The van der Waals surface area contributed by atoms with Gasteiger partial charge in [0.05, 0.1) is 6.04 Å². The first-order valence-corrected chi connectivity index (χ1v) is 5.22. The number of carbonyl (C=O) groups is 2. The highest BCUT2D eigenvalue weighted by molar-refractivity contribution is 5.88. The fourth-order valence-electron chi connectivity index (χ4n) is 1.58. The Morgan fingerprint density at radius 3 is 2.14 bits per heavy atom. The molecule has 0 aromatic carbocycles. The molecule has 0 unspecified atom stereocenters. The summed E-state index contributed by atoms with van der Waals surface area (Å²) >= 11 is 0. The van der Waals surface area contributed by atoms with Crippen molar-refractivity contribution in [2.45, 2.75) is 39.7 Å². The monoisotopic (exact) mass is 197 g/mol. The van der Waals surface area contributed by atoms with E-state index in [4.69, 9.17) is 0 Å². The minimum atomic E-state index is -0.288. The minimum Gasteiger partial charge on any atom is -0.336 e. The molecular weight excluding hydrogens is 178 g/mol. The second-order valence-electron chi connectivity index (χ2n) is 4.36. The van der Waals surface area contributed by atoms with Gasteiger partial charge in [-0.05, 0) is 32.6 Å². The molecule has 0 N–H and O–H groups in total. The van der Waals surface area contributed by atoms with Gasteiger partial charge < -0.3 is 4.90 Å². The van der Waals surface area contributed by atoms with Crippen molar-refractivity contribution in [3.05, 3.63) is 0 Å². The molecule has 14 heavy (non-hydrogen) atoms. The van der Waals surface area contributed by atoms with Crippen LogP contribution in [0.3, 0.4) is 0 Å². The summed E-state index contributed by atoms with van der Waals surface area (Å²) in [6, 6.07) is -0.288. The fourth-order valence-corrected chi connectivity index (χ4v) is 1.58. The molecule has 0 saturated heterocycles. The topological polar surface area (TPSA) is 37.4 Å². The second kappa shape index (κ2) is 4.11. The van der Waals surface area contributed by atoms with Crippen LogP contribution in [0.4, 0.5) is 0 Å². The van der Waals surface area contributed by atoms with Gasteiger partial charge in [-0.2, -0.15) is 0 Å². The Labute approximate surface area is 85.5 Å². The zero-order chi connectivity index (χ0) is 10.9. The largest absolute Gasteiger partial charge is 0.336 e. The molecule has 0 aromatic heterocycles. The van der Waals surface area contributed by atoms with E-state index in [1.54, 1.807) is 18.9 Å². The number of rotatable bonds is 4. The predicted molar refractivity (Wildman–Crippen MR) is 54.8 cm³/mol. The predicted octanol–water partition coefficient (Wildman–Crippen LogP) is 1.47. The quantitative estimate of drug-likeness (QED) is 0.684. The molecule has 0 aliphatic heterocycles. The Hall–Kier alpha value is -0.860. The number of Topliss-reactive ketones (excluding diaryl/α,β-unsaturated/α-hetero) is 1. The van der Waals surface area contributed by atoms with Crippen LogP contribution in [0.1, 0.15) is 33.6 Å². The second-order valence-corrected chi connectivity index (χ2v) is 4.36. The summed E-state index contributed by atoms with van der Waals surface area (Å²) in [6.07, 6.45) is 2.32. The van der Waals surface area contributed by atoms with E-state index in [9.17, 15) is 9.59 Å². The average molecular weight is 197 g/mol. The summed E-state index contributed by atoms with van der Waals surface area (Å²) in [7, 11) is 1.72. The Bertz CT molecular complexity index is 246. The molecule has 1 fully saturated rings. The molecule has 0 aromatic rings. The molecule has 1 saturated carbocycles. The van der Waals surface area contributed by atoms with E-state index in [-0.39, 0.29) is 23.7 Å². The van der Waals surface area contributed by atoms with Crippen molar-refractivity contribution in [3.8, 4) is 0 Å². The van der Waals surface area contributed by atoms with E-state index >= 15 is 0 Å². The zero-order valence-corrected chi connectivity index (χ0v) is 9.41. The van der Waals surface area contributed by atoms with Gasteiger partial charge in [-0.3, -0.25) is 9.59 Å². The molecule has 3 heteroatoms. The fraction of sp³-hybridized carbons (Fsp3) is 0.818. The van der Waals surface area contributed by atoms with Crippen LogP contribution in [0, 0.1) is 11.8 Å². The van der Waals surface area contributed by atoms with E-state index in [0.717, 1.165) is 12.8 Å². The molecule has 1 rings (SSSR count). The third-order valence-corrected chi connectivity index (χ3v) is 3.24. The van der Waals surface area contributed by atoms with Crippen molar-refractivity contribution in [2.24, 2.45) is 11.8 Å². The molecule has 0 bridgehead atoms. The van der Waals surface area contributed by atoms with Crippen LogP contribution in [-0.4, -0.2) is 29.7 Å². The number of ketones is 1. The van der Waals surface area contributed by atoms with Crippen molar-refractivity contribution in [1.29, 1.82) is 0 Å². The number of hydrogen-bond donors (Lipinski definition) is 0. The average Bonchev–Trinajstić information content (AvgIpc) is 2.96. The lowest BCUT2D eigenvalue weighted by Gasteiger charge is -2.25. The third kappa shape index (κ3) is 2.34. The van der Waals surface area contributed by atoms with Gasteiger partial charge in [0.2, 0.25) is 5.91 Å². The lowest BCUT2D eigenvalue weighted by molar-refractivity contribution is -0.140. The first-order valence-electron chi connectivity index (χ1n) is 5.22. The number of amides is 1. The Morgan fingerprint density at radius 1 is 1.29 bits per heavy atom. The summed E-state index contributed by atoms with van der Waals surface area (Å²) in [5.74, 6) is 0.796. The van der Waals surface area contributed by atoms with Gasteiger partial charge in [0, 0.05) is 13.0 Å². The van der Waals surface area contributed by atoms with Crippen molar-refractivity contribution >= 4 is 11.7 Å². The standard InChI is InChI=1S/C11H19NO2/c1-7(10-5-6-10)11(14)12(4)8(2)9(3)13/h7-8,10H,5-6H2,1-4H3/t7-,8+/m0/s1. The van der Waals surface area contributed by atoms with E-state index in [1.807, 2.05) is 6.92 Å². The van der Waals surface area contributed by atoms with Gasteiger partial charge >= 0.3 is 0 Å². The number of nitrogens with zero attached hydrogens (tertiary/aromatic N) is 1. The summed E-state index contributed by atoms with van der Waals surface area (Å²) in [6.45, 7) is 5.26. The van der Waals surface area contributed by atoms with Gasteiger partial charge in [0.15, 0.2) is 5.78 Å². The Balaban J connectivity index is 2.54. The summed E-state index contributed by atoms with van der Waals surface area (Å²) in [5, 5.41) is 0. The molecule has 3 nitrogen and oxygen atoms in total. The summed E-state index contributed by atoms with van der Waals surface area (Å²) in [4.78, 5) is 24.5. The van der Waals surface area contributed by atoms with Gasteiger partial charge in [0.1, 0.15) is 0 Å². The number of hydrogen-bond acceptors (Lipinski definition) is 2. The van der Waals surface area contributed by atoms with Crippen molar-refractivity contribution in [2.75, 3.05) is 7.05 Å². The summed E-state index contributed by atoms with van der Waals surface area (Å²) in [5.41, 5.74) is 0. The molecule has 80 valence electrons. The lowest BCUT2D eigenvalue weighted by atomic mass is 10.0. The molecular formula is C11H19NO2. The highest BCUT2D eigenvalue weighted by Gasteiger charge is 2.35. The maximum Gasteiger partial charge on any atom is 0.226 e. The van der Waals surface area contributed by atoms with Crippen LogP contribution < -0.4 is 0 Å². The van der Waals surface area contributed by atoms with Crippen molar-refractivity contribution < 1.29 is 9.59 Å². The molecule has 2 atom stereocenters. The lowest BCUT2D eigenvalue weighted by Crippen LogP contribution is -2.42. The Morgan fingerprint density at radius 2 is 1.79 bits per heavy atom. The maximum absolute atomic E-state index is 11.8. The van der Waals surface area contributed by atoms with Gasteiger partial charge in [0.25, 0.3) is 0 Å². The van der Waals surface area contributed by atoms with Crippen LogP contribution in [0.5, 0.6) is 0 Å². The van der Waals surface area contributed by atoms with Crippen LogP contribution in [-0.2, 0) is 9.59 Å². The van der Waals surface area contributed by atoms with E-state index < -0.39 is 0 Å². The van der Waals surface area contributed by atoms with Crippen molar-refractivity contribution in [1.82, 2.24) is 4.90 Å². The first kappa shape index (κ1) is 11.2. The van der Waals surface area contributed by atoms with Gasteiger partial charge in [-0.15, -0.1) is 0 Å². The van der Waals surface area contributed by atoms with Crippen LogP contribution in [0.15, 0.2) is 0 Å². The smallest absolute Gasteiger partial charge is 0.226 e. The third-order valence-electron chi connectivity index (χ3n) is 3.24. The molecule has 0 radical (unpaired) electrons. The van der Waals surface area contributed by atoms with Crippen LogP contribution in [0.25, 0.3) is 0 Å². The number of likely N-dealkylation sites (N-methyl/N-ethyl adjacent to an activating group) is 1. The van der Waals surface area contributed by atoms with Crippen LogP contribution >= 0.6 is 0 Å². The molecule has 0 heterocycles. The molecule has 1 aliphatic carbocycles. The number of carbonyl (C=O) groups excluding carboxylic acids is 2. The normalized spacial score (nSPS) is 20.0. The van der Waals surface area contributed by atoms with Gasteiger partial charge in [-0.1, -0.05) is 6.92 Å². The summed E-state index contributed by atoms with van der Waals surface area (Å²) < 4.78 is 0. The van der Waals surface area contributed by atoms with E-state index in [0.29, 0.717) is 5.92 Å². The van der Waals surface area contributed by atoms with Crippen molar-refractivity contribution in [3.63, 3.8) is 0 Å². The Kier molecular flexibility index (Phi) is 3.29. The van der Waals surface area contributed by atoms with E-state index in [1.165, 1.54) is 6.92 Å². The van der Waals surface area contributed by atoms with Crippen LogP contribution in [0.2, 0.25) is 0 Å². The molecule has 0 spiro atoms. The van der Waals surface area contributed by atoms with E-state index in [2.05, 4.69) is 0 Å². The SMILES string of the molecule is CC(=O)[C@@H](C)N(C)C(=O)[C@@H](C)C1CC1. The first-order chi connectivity index (χ1) is 6.45. The zero-order valence-electron chi connectivity index (χ0n) is 9.41. The highest BCUT2D eigenvalue weighted by atomic mass is 16.2. The minimum absolute atomic E-state index is 0.0452.